The number of carbonyl (C=O) groups is 1. The highest BCUT2D eigenvalue weighted by Crippen LogP contribution is 2.32. The highest BCUT2D eigenvalue weighted by atomic mass is 16.1. The third-order valence-corrected chi connectivity index (χ3v) is 5.45. The van der Waals surface area contributed by atoms with E-state index >= 15 is 0 Å². The van der Waals surface area contributed by atoms with Crippen LogP contribution in [-0.4, -0.2) is 10.5 Å². The van der Waals surface area contributed by atoms with Gasteiger partial charge in [-0.2, -0.15) is 0 Å². The molecular weight excluding hydrogens is 344 g/mol. The van der Waals surface area contributed by atoms with Gasteiger partial charge in [0.1, 0.15) is 0 Å². The number of rotatable bonds is 7. The van der Waals surface area contributed by atoms with Crippen molar-refractivity contribution >= 4 is 5.91 Å². The molecule has 1 heterocycles. The molecule has 0 fully saturated rings. The van der Waals surface area contributed by atoms with Crippen LogP contribution in [0.3, 0.4) is 0 Å². The molecule has 0 aliphatic heterocycles. The SMILES string of the molecule is Cc1c(C(N)=O)cc(-c2ccc(-c3ccccc3)cc2)n1C(C)CCC(C)C. The van der Waals surface area contributed by atoms with Crippen molar-refractivity contribution in [3.63, 3.8) is 0 Å². The highest BCUT2D eigenvalue weighted by molar-refractivity contribution is 5.95. The third kappa shape index (κ3) is 4.19. The number of hydrogen-bond donors (Lipinski definition) is 1. The fraction of sp³-hybridized carbons (Fsp3) is 0.320. The van der Waals surface area contributed by atoms with Crippen molar-refractivity contribution in [1.29, 1.82) is 0 Å². The molecule has 1 aromatic heterocycles. The smallest absolute Gasteiger partial charge is 0.250 e. The van der Waals surface area contributed by atoms with Gasteiger partial charge in [-0.05, 0) is 55.4 Å². The molecular formula is C25H30N2O. The fourth-order valence-electron chi connectivity index (χ4n) is 3.83. The second-order valence-corrected chi connectivity index (χ2v) is 8.03. The first-order valence-corrected chi connectivity index (χ1v) is 10.1. The fourth-order valence-corrected chi connectivity index (χ4v) is 3.83. The summed E-state index contributed by atoms with van der Waals surface area (Å²) in [5, 5.41) is 0. The van der Waals surface area contributed by atoms with Crippen LogP contribution < -0.4 is 5.73 Å². The Bertz CT molecular complexity index is 937. The van der Waals surface area contributed by atoms with E-state index in [9.17, 15) is 4.79 Å². The first-order valence-electron chi connectivity index (χ1n) is 10.1. The average molecular weight is 375 g/mol. The van der Waals surface area contributed by atoms with Crippen LogP contribution in [0.15, 0.2) is 60.7 Å². The number of carbonyl (C=O) groups excluding carboxylic acids is 1. The van der Waals surface area contributed by atoms with Crippen molar-refractivity contribution in [2.24, 2.45) is 11.7 Å². The van der Waals surface area contributed by atoms with Crippen molar-refractivity contribution in [3.8, 4) is 22.4 Å². The van der Waals surface area contributed by atoms with Gasteiger partial charge >= 0.3 is 0 Å². The summed E-state index contributed by atoms with van der Waals surface area (Å²) in [5.74, 6) is 0.289. The molecule has 0 aliphatic rings. The lowest BCUT2D eigenvalue weighted by molar-refractivity contribution is 0.0999. The zero-order chi connectivity index (χ0) is 20.3. The molecule has 3 heteroatoms. The number of primary amides is 1. The van der Waals surface area contributed by atoms with E-state index in [2.05, 4.69) is 61.7 Å². The molecule has 0 saturated carbocycles. The van der Waals surface area contributed by atoms with Gasteiger partial charge in [-0.15, -0.1) is 0 Å². The van der Waals surface area contributed by atoms with Crippen molar-refractivity contribution in [2.45, 2.75) is 46.6 Å². The number of benzene rings is 2. The Labute approximate surface area is 168 Å². The van der Waals surface area contributed by atoms with Crippen molar-refractivity contribution < 1.29 is 4.79 Å². The van der Waals surface area contributed by atoms with Crippen LogP contribution in [0.4, 0.5) is 0 Å². The van der Waals surface area contributed by atoms with Crippen LogP contribution in [-0.2, 0) is 0 Å². The second-order valence-electron chi connectivity index (χ2n) is 8.03. The summed E-state index contributed by atoms with van der Waals surface area (Å²) in [6, 6.07) is 21.1. The van der Waals surface area contributed by atoms with Crippen molar-refractivity contribution in [1.82, 2.24) is 4.57 Å². The van der Waals surface area contributed by atoms with E-state index in [1.54, 1.807) is 0 Å². The van der Waals surface area contributed by atoms with E-state index in [-0.39, 0.29) is 5.91 Å². The number of nitrogens with two attached hydrogens (primary N) is 1. The van der Waals surface area contributed by atoms with Crippen molar-refractivity contribution in [2.75, 3.05) is 0 Å². The molecule has 0 saturated heterocycles. The summed E-state index contributed by atoms with van der Waals surface area (Å²) < 4.78 is 2.28. The van der Waals surface area contributed by atoms with Gasteiger partial charge in [0.2, 0.25) is 0 Å². The molecule has 0 radical (unpaired) electrons. The maximum atomic E-state index is 12.0. The first-order chi connectivity index (χ1) is 13.4. The lowest BCUT2D eigenvalue weighted by atomic mass is 10.0. The molecule has 28 heavy (non-hydrogen) atoms. The minimum absolute atomic E-state index is 0.305. The monoisotopic (exact) mass is 374 g/mol. The number of hydrogen-bond acceptors (Lipinski definition) is 1. The maximum absolute atomic E-state index is 12.0. The molecule has 1 amide bonds. The van der Waals surface area contributed by atoms with Gasteiger partial charge in [0, 0.05) is 17.4 Å². The van der Waals surface area contributed by atoms with Gasteiger partial charge < -0.3 is 10.3 Å². The largest absolute Gasteiger partial charge is 0.366 e. The molecule has 146 valence electrons. The van der Waals surface area contributed by atoms with E-state index in [0.29, 0.717) is 17.5 Å². The number of amides is 1. The summed E-state index contributed by atoms with van der Waals surface area (Å²) >= 11 is 0. The van der Waals surface area contributed by atoms with Crippen molar-refractivity contribution in [3.05, 3.63) is 71.9 Å². The molecule has 2 N–H and O–H groups in total. The Kier molecular flexibility index (Phi) is 6.03. The first kappa shape index (κ1) is 19.9. The maximum Gasteiger partial charge on any atom is 0.250 e. The normalized spacial score (nSPS) is 12.3. The van der Waals surface area contributed by atoms with Crippen LogP contribution in [0.2, 0.25) is 0 Å². The minimum atomic E-state index is -0.366. The lowest BCUT2D eigenvalue weighted by Crippen LogP contribution is -2.14. The zero-order valence-electron chi connectivity index (χ0n) is 17.3. The van der Waals surface area contributed by atoms with Gasteiger partial charge in [-0.1, -0.05) is 68.4 Å². The molecule has 3 rings (SSSR count). The van der Waals surface area contributed by atoms with Crippen LogP contribution in [0.25, 0.3) is 22.4 Å². The van der Waals surface area contributed by atoms with Crippen LogP contribution in [0.1, 0.15) is 55.7 Å². The number of nitrogens with zero attached hydrogens (tertiary/aromatic N) is 1. The van der Waals surface area contributed by atoms with E-state index in [0.717, 1.165) is 29.8 Å². The molecule has 3 nitrogen and oxygen atoms in total. The molecule has 1 atom stereocenters. The molecule has 3 aromatic rings. The van der Waals surface area contributed by atoms with E-state index < -0.39 is 0 Å². The van der Waals surface area contributed by atoms with Gasteiger partial charge in [0.15, 0.2) is 0 Å². The minimum Gasteiger partial charge on any atom is -0.366 e. The predicted molar refractivity (Wildman–Crippen MR) is 117 cm³/mol. The van der Waals surface area contributed by atoms with E-state index in [1.807, 2.05) is 31.2 Å². The highest BCUT2D eigenvalue weighted by Gasteiger charge is 2.20. The Hall–Kier alpha value is -2.81. The molecule has 1 unspecified atom stereocenters. The topological polar surface area (TPSA) is 48.0 Å². The zero-order valence-corrected chi connectivity index (χ0v) is 17.3. The Balaban J connectivity index is 2.00. The summed E-state index contributed by atoms with van der Waals surface area (Å²) in [5.41, 5.74) is 11.7. The predicted octanol–water partition coefficient (Wildman–Crippen LogP) is 6.23. The van der Waals surface area contributed by atoms with Crippen LogP contribution in [0.5, 0.6) is 0 Å². The van der Waals surface area contributed by atoms with E-state index in [4.69, 9.17) is 5.73 Å². The average Bonchev–Trinajstić information content (AvgIpc) is 3.04. The van der Waals surface area contributed by atoms with Gasteiger partial charge in [-0.3, -0.25) is 4.79 Å². The third-order valence-electron chi connectivity index (χ3n) is 5.45. The van der Waals surface area contributed by atoms with Gasteiger partial charge in [0.05, 0.1) is 5.56 Å². The molecule has 0 bridgehead atoms. The van der Waals surface area contributed by atoms with Gasteiger partial charge in [0.25, 0.3) is 5.91 Å². The summed E-state index contributed by atoms with van der Waals surface area (Å²) in [6.45, 7) is 8.70. The molecule has 0 spiro atoms. The van der Waals surface area contributed by atoms with Gasteiger partial charge in [-0.25, -0.2) is 0 Å². The summed E-state index contributed by atoms with van der Waals surface area (Å²) in [4.78, 5) is 12.0. The van der Waals surface area contributed by atoms with Crippen LogP contribution in [0, 0.1) is 12.8 Å². The Morgan fingerprint density at radius 2 is 1.46 bits per heavy atom. The summed E-state index contributed by atoms with van der Waals surface area (Å²) in [7, 11) is 0. The second kappa shape index (κ2) is 8.47. The Morgan fingerprint density at radius 1 is 0.893 bits per heavy atom. The standard InChI is InChI=1S/C25H30N2O/c1-17(2)10-11-18(3)27-19(4)23(25(26)28)16-24(27)22-14-12-21(13-15-22)20-8-6-5-7-9-20/h5-9,12-18H,10-11H2,1-4H3,(H2,26,28). The summed E-state index contributed by atoms with van der Waals surface area (Å²) in [6.07, 6.45) is 2.22. The Morgan fingerprint density at radius 3 is 2.04 bits per heavy atom. The number of aromatic nitrogens is 1. The molecule has 2 aromatic carbocycles. The quantitative estimate of drug-likeness (QED) is 0.524. The van der Waals surface area contributed by atoms with E-state index in [1.165, 1.54) is 11.1 Å². The lowest BCUT2D eigenvalue weighted by Gasteiger charge is -2.21. The van der Waals surface area contributed by atoms with Crippen LogP contribution >= 0.6 is 0 Å². The molecule has 0 aliphatic carbocycles.